The van der Waals surface area contributed by atoms with Crippen LogP contribution in [0.3, 0.4) is 0 Å². The molecule has 0 unspecified atom stereocenters. The van der Waals surface area contributed by atoms with Crippen LogP contribution in [0.15, 0.2) is 61.3 Å². The highest BCUT2D eigenvalue weighted by molar-refractivity contribution is 6.00. The Hall–Kier alpha value is -3.09. The molecule has 0 radical (unpaired) electrons. The van der Waals surface area contributed by atoms with Crippen molar-refractivity contribution >= 4 is 22.5 Å². The van der Waals surface area contributed by atoms with Crippen LogP contribution in [-0.4, -0.2) is 15.7 Å². The van der Waals surface area contributed by atoms with Crippen LogP contribution >= 0.6 is 0 Å². The summed E-state index contributed by atoms with van der Waals surface area (Å²) in [6.07, 6.45) is -1.63. The number of alkyl halides is 3. The SMILES string of the molecule is C=CC(=O)Nc1ccc2c(cnn2-c2ccc(C(F)(F)F)cc2)c1. The van der Waals surface area contributed by atoms with Crippen LogP contribution in [0, 0.1) is 0 Å². The number of anilines is 1. The van der Waals surface area contributed by atoms with E-state index in [0.29, 0.717) is 16.9 Å². The lowest BCUT2D eigenvalue weighted by atomic mass is 10.2. The van der Waals surface area contributed by atoms with Gasteiger partial charge in [0.1, 0.15) is 0 Å². The maximum atomic E-state index is 12.6. The second-order valence-corrected chi connectivity index (χ2v) is 5.07. The number of amides is 1. The molecule has 4 nitrogen and oxygen atoms in total. The second kappa shape index (κ2) is 5.84. The largest absolute Gasteiger partial charge is 0.416 e. The fourth-order valence-corrected chi connectivity index (χ4v) is 2.30. The fraction of sp³-hybridized carbons (Fsp3) is 0.0588. The number of rotatable bonds is 3. The molecule has 0 aliphatic rings. The molecule has 1 heterocycles. The summed E-state index contributed by atoms with van der Waals surface area (Å²) in [5.74, 6) is -0.329. The third-order valence-corrected chi connectivity index (χ3v) is 3.46. The number of nitrogens with one attached hydrogen (secondary N) is 1. The molecule has 2 aromatic carbocycles. The van der Waals surface area contributed by atoms with Gasteiger partial charge >= 0.3 is 6.18 Å². The molecule has 1 amide bonds. The summed E-state index contributed by atoms with van der Waals surface area (Å²) in [5.41, 5.74) is 1.10. The average molecular weight is 331 g/mol. The topological polar surface area (TPSA) is 46.9 Å². The highest BCUT2D eigenvalue weighted by Gasteiger charge is 2.30. The number of benzene rings is 2. The molecule has 0 aliphatic carbocycles. The highest BCUT2D eigenvalue weighted by atomic mass is 19.4. The second-order valence-electron chi connectivity index (χ2n) is 5.07. The van der Waals surface area contributed by atoms with Gasteiger partial charge in [-0.15, -0.1) is 0 Å². The third kappa shape index (κ3) is 3.01. The lowest BCUT2D eigenvalue weighted by Gasteiger charge is -2.08. The van der Waals surface area contributed by atoms with Gasteiger partial charge in [0, 0.05) is 11.1 Å². The summed E-state index contributed by atoms with van der Waals surface area (Å²) in [6.45, 7) is 3.38. The Morgan fingerprint density at radius 2 is 1.88 bits per heavy atom. The molecule has 7 heteroatoms. The van der Waals surface area contributed by atoms with Crippen LogP contribution in [0.4, 0.5) is 18.9 Å². The molecule has 24 heavy (non-hydrogen) atoms. The van der Waals surface area contributed by atoms with E-state index in [-0.39, 0.29) is 5.91 Å². The number of halogens is 3. The van der Waals surface area contributed by atoms with Crippen molar-refractivity contribution in [2.24, 2.45) is 0 Å². The minimum absolute atomic E-state index is 0.329. The summed E-state index contributed by atoms with van der Waals surface area (Å²) in [5, 5.41) is 7.59. The quantitative estimate of drug-likeness (QED) is 0.732. The molecule has 122 valence electrons. The summed E-state index contributed by atoms with van der Waals surface area (Å²) < 4.78 is 39.4. The minimum Gasteiger partial charge on any atom is -0.323 e. The maximum Gasteiger partial charge on any atom is 0.416 e. The first-order valence-corrected chi connectivity index (χ1v) is 6.97. The summed E-state index contributed by atoms with van der Waals surface area (Å²) >= 11 is 0. The molecule has 1 aromatic heterocycles. The van der Waals surface area contributed by atoms with E-state index < -0.39 is 11.7 Å². The molecule has 0 spiro atoms. The van der Waals surface area contributed by atoms with Gasteiger partial charge in [-0.3, -0.25) is 4.79 Å². The zero-order chi connectivity index (χ0) is 17.3. The van der Waals surface area contributed by atoms with Crippen molar-refractivity contribution in [2.45, 2.75) is 6.18 Å². The molecule has 1 N–H and O–H groups in total. The Morgan fingerprint density at radius 3 is 2.50 bits per heavy atom. The van der Waals surface area contributed by atoms with Crippen molar-refractivity contribution in [1.82, 2.24) is 9.78 Å². The highest BCUT2D eigenvalue weighted by Crippen LogP contribution is 2.30. The number of nitrogens with zero attached hydrogens (tertiary/aromatic N) is 2. The molecule has 3 rings (SSSR count). The first-order chi connectivity index (χ1) is 11.4. The minimum atomic E-state index is -4.37. The Kier molecular flexibility index (Phi) is 3.84. The maximum absolute atomic E-state index is 12.6. The van der Waals surface area contributed by atoms with Gasteiger partial charge in [0.2, 0.25) is 5.91 Å². The molecule has 0 fully saturated rings. The fourth-order valence-electron chi connectivity index (χ4n) is 2.30. The first-order valence-electron chi connectivity index (χ1n) is 6.97. The van der Waals surface area contributed by atoms with E-state index in [1.165, 1.54) is 16.8 Å². The number of hydrogen-bond donors (Lipinski definition) is 1. The monoisotopic (exact) mass is 331 g/mol. The molecule has 0 atom stereocenters. The number of fused-ring (bicyclic) bond motifs is 1. The smallest absolute Gasteiger partial charge is 0.323 e. The molecular weight excluding hydrogens is 319 g/mol. The van der Waals surface area contributed by atoms with Crippen molar-refractivity contribution in [3.63, 3.8) is 0 Å². The molecule has 0 saturated heterocycles. The van der Waals surface area contributed by atoms with Crippen LogP contribution in [0.2, 0.25) is 0 Å². The van der Waals surface area contributed by atoms with Crippen molar-refractivity contribution in [1.29, 1.82) is 0 Å². The van der Waals surface area contributed by atoms with Crippen LogP contribution in [0.25, 0.3) is 16.6 Å². The Morgan fingerprint density at radius 1 is 1.17 bits per heavy atom. The van der Waals surface area contributed by atoms with E-state index in [1.54, 1.807) is 24.4 Å². The lowest BCUT2D eigenvalue weighted by molar-refractivity contribution is -0.137. The van der Waals surface area contributed by atoms with Crippen LogP contribution in [0.5, 0.6) is 0 Å². The van der Waals surface area contributed by atoms with Crippen molar-refractivity contribution < 1.29 is 18.0 Å². The van der Waals surface area contributed by atoms with Crippen molar-refractivity contribution in [2.75, 3.05) is 5.32 Å². The molecule has 3 aromatic rings. The van der Waals surface area contributed by atoms with Gasteiger partial charge in [0.25, 0.3) is 0 Å². The molecule has 0 saturated carbocycles. The summed E-state index contributed by atoms with van der Waals surface area (Å²) in [7, 11) is 0. The first kappa shape index (κ1) is 15.8. The number of carbonyl (C=O) groups is 1. The zero-order valence-electron chi connectivity index (χ0n) is 12.3. The van der Waals surface area contributed by atoms with Gasteiger partial charge < -0.3 is 5.32 Å². The number of hydrogen-bond acceptors (Lipinski definition) is 2. The molecular formula is C17H12F3N3O. The third-order valence-electron chi connectivity index (χ3n) is 3.46. The summed E-state index contributed by atoms with van der Waals surface area (Å²) in [4.78, 5) is 11.3. The lowest BCUT2D eigenvalue weighted by Crippen LogP contribution is -2.07. The predicted octanol–water partition coefficient (Wildman–Crippen LogP) is 4.17. The van der Waals surface area contributed by atoms with E-state index in [2.05, 4.69) is 17.0 Å². The van der Waals surface area contributed by atoms with E-state index in [4.69, 9.17) is 0 Å². The van der Waals surface area contributed by atoms with E-state index in [1.807, 2.05) is 0 Å². The van der Waals surface area contributed by atoms with Gasteiger partial charge in [-0.05, 0) is 48.5 Å². The van der Waals surface area contributed by atoms with Crippen LogP contribution < -0.4 is 5.32 Å². The van der Waals surface area contributed by atoms with Gasteiger partial charge in [0.05, 0.1) is 23.0 Å². The van der Waals surface area contributed by atoms with Gasteiger partial charge in [-0.25, -0.2) is 4.68 Å². The standard InChI is InChI=1S/C17H12F3N3O/c1-2-16(24)22-13-5-8-15-11(9-13)10-21-23(15)14-6-3-12(4-7-14)17(18,19)20/h2-10H,1H2,(H,22,24). The number of carbonyl (C=O) groups excluding carboxylic acids is 1. The van der Waals surface area contributed by atoms with E-state index in [0.717, 1.165) is 23.6 Å². The van der Waals surface area contributed by atoms with Crippen LogP contribution in [0.1, 0.15) is 5.56 Å². The van der Waals surface area contributed by atoms with E-state index >= 15 is 0 Å². The van der Waals surface area contributed by atoms with E-state index in [9.17, 15) is 18.0 Å². The van der Waals surface area contributed by atoms with Crippen molar-refractivity contribution in [3.05, 3.63) is 66.9 Å². The Balaban J connectivity index is 1.96. The average Bonchev–Trinajstić information content (AvgIpc) is 2.97. The van der Waals surface area contributed by atoms with Gasteiger partial charge in [-0.2, -0.15) is 18.3 Å². The van der Waals surface area contributed by atoms with Crippen LogP contribution in [-0.2, 0) is 11.0 Å². The Labute approximate surface area is 135 Å². The van der Waals surface area contributed by atoms with Crippen molar-refractivity contribution in [3.8, 4) is 5.69 Å². The Bertz CT molecular complexity index is 911. The molecule has 0 aliphatic heterocycles. The van der Waals surface area contributed by atoms with Gasteiger partial charge in [0.15, 0.2) is 0 Å². The zero-order valence-corrected chi connectivity index (χ0v) is 12.3. The molecule has 0 bridgehead atoms. The van der Waals surface area contributed by atoms with Gasteiger partial charge in [-0.1, -0.05) is 6.58 Å². The summed E-state index contributed by atoms with van der Waals surface area (Å²) in [6, 6.07) is 9.91. The predicted molar refractivity (Wildman–Crippen MR) is 84.9 cm³/mol. The normalized spacial score (nSPS) is 11.5. The number of aromatic nitrogens is 2.